The summed E-state index contributed by atoms with van der Waals surface area (Å²) in [7, 11) is 0. The molecule has 1 amide bonds. The summed E-state index contributed by atoms with van der Waals surface area (Å²) in [6.07, 6.45) is 3.99. The molecule has 3 rings (SSSR count). The van der Waals surface area contributed by atoms with E-state index in [9.17, 15) is 9.90 Å². The lowest BCUT2D eigenvalue weighted by molar-refractivity contribution is 0.102. The van der Waals surface area contributed by atoms with Gasteiger partial charge in [-0.25, -0.2) is 0 Å². The summed E-state index contributed by atoms with van der Waals surface area (Å²) < 4.78 is 2.61. The number of halogens is 2. The minimum atomic E-state index is -0.337. The number of piperidine rings is 1. The first-order valence-corrected chi connectivity index (χ1v) is 7.98. The molecule has 2 aromatic rings. The average Bonchev–Trinajstić information content (AvgIpc) is 3.02. The molecule has 1 aliphatic heterocycles. The second kappa shape index (κ2) is 7.81. The Labute approximate surface area is 148 Å². The molecule has 0 spiro atoms. The van der Waals surface area contributed by atoms with Gasteiger partial charge in [0.2, 0.25) is 0 Å². The molecule has 1 aromatic carbocycles. The summed E-state index contributed by atoms with van der Waals surface area (Å²) in [5.74, 6) is -0.316. The lowest BCUT2D eigenvalue weighted by atomic mass is 10.1. The van der Waals surface area contributed by atoms with E-state index in [0.29, 0.717) is 11.4 Å². The van der Waals surface area contributed by atoms with Crippen molar-refractivity contribution >= 4 is 39.9 Å². The zero-order valence-corrected chi connectivity index (χ0v) is 14.7. The van der Waals surface area contributed by atoms with Gasteiger partial charge in [0.05, 0.1) is 11.7 Å². The summed E-state index contributed by atoms with van der Waals surface area (Å²) in [4.78, 5) is 12.2. The van der Waals surface area contributed by atoms with Crippen LogP contribution in [0.4, 0.5) is 5.69 Å². The van der Waals surface area contributed by atoms with Crippen LogP contribution in [0.1, 0.15) is 29.4 Å². The molecule has 1 unspecified atom stereocenters. The fourth-order valence-corrected chi connectivity index (χ4v) is 2.88. The number of phenols is 1. The van der Waals surface area contributed by atoms with Gasteiger partial charge in [0.15, 0.2) is 5.69 Å². The Hall–Kier alpha value is -1.57. The number of nitrogens with one attached hydrogen (secondary N) is 2. The van der Waals surface area contributed by atoms with Crippen molar-refractivity contribution < 1.29 is 9.90 Å². The molecule has 1 fully saturated rings. The molecule has 3 N–H and O–H groups in total. The van der Waals surface area contributed by atoms with E-state index in [0.717, 1.165) is 30.4 Å². The van der Waals surface area contributed by atoms with Crippen molar-refractivity contribution in [1.29, 1.82) is 0 Å². The minimum Gasteiger partial charge on any atom is -0.506 e. The number of benzene rings is 1. The minimum absolute atomic E-state index is 0. The summed E-state index contributed by atoms with van der Waals surface area (Å²) in [5, 5.41) is 20.1. The molecule has 23 heavy (non-hydrogen) atoms. The van der Waals surface area contributed by atoms with Gasteiger partial charge in [-0.05, 0) is 43.7 Å². The van der Waals surface area contributed by atoms with Crippen LogP contribution < -0.4 is 10.6 Å². The molecule has 0 saturated carbocycles. The number of hydrogen-bond acceptors (Lipinski definition) is 4. The second-order valence-corrected chi connectivity index (χ2v) is 6.21. The van der Waals surface area contributed by atoms with Crippen LogP contribution in [0.3, 0.4) is 0 Å². The van der Waals surface area contributed by atoms with Crippen molar-refractivity contribution in [1.82, 2.24) is 15.1 Å². The summed E-state index contributed by atoms with van der Waals surface area (Å²) >= 11 is 3.31. The average molecular weight is 402 g/mol. The first-order chi connectivity index (χ1) is 10.6. The highest BCUT2D eigenvalue weighted by Gasteiger charge is 2.18. The highest BCUT2D eigenvalue weighted by Crippen LogP contribution is 2.27. The van der Waals surface area contributed by atoms with Crippen LogP contribution in [0.15, 0.2) is 34.9 Å². The Kier molecular flexibility index (Phi) is 6.04. The van der Waals surface area contributed by atoms with Crippen molar-refractivity contribution in [2.24, 2.45) is 0 Å². The predicted molar refractivity (Wildman–Crippen MR) is 94.4 cm³/mol. The van der Waals surface area contributed by atoms with Crippen LogP contribution in [-0.4, -0.2) is 33.9 Å². The number of aromatic hydroxyl groups is 1. The van der Waals surface area contributed by atoms with Gasteiger partial charge in [-0.2, -0.15) is 5.10 Å². The summed E-state index contributed by atoms with van der Waals surface area (Å²) in [5.41, 5.74) is 0.693. The second-order valence-electron chi connectivity index (χ2n) is 5.30. The maximum atomic E-state index is 12.2. The number of rotatable bonds is 3. The number of anilines is 1. The van der Waals surface area contributed by atoms with Crippen molar-refractivity contribution in [2.75, 3.05) is 18.4 Å². The molecule has 8 heteroatoms. The van der Waals surface area contributed by atoms with Gasteiger partial charge >= 0.3 is 0 Å². The Morgan fingerprint density at radius 3 is 3.00 bits per heavy atom. The van der Waals surface area contributed by atoms with E-state index in [1.807, 2.05) is 10.9 Å². The van der Waals surface area contributed by atoms with Crippen LogP contribution in [0, 0.1) is 0 Å². The van der Waals surface area contributed by atoms with E-state index in [1.54, 1.807) is 18.2 Å². The Morgan fingerprint density at radius 1 is 1.43 bits per heavy atom. The number of hydrogen-bond donors (Lipinski definition) is 3. The molecule has 0 radical (unpaired) electrons. The first kappa shape index (κ1) is 17.8. The topological polar surface area (TPSA) is 79.2 Å². The molecule has 1 saturated heterocycles. The number of carbonyl (C=O) groups excluding carboxylic acids is 1. The SMILES string of the molecule is Cl.O=C(Nc1cc(Br)ccc1O)c1ccn(C2CCCNC2)n1. The molecule has 124 valence electrons. The molecular weight excluding hydrogens is 384 g/mol. The van der Waals surface area contributed by atoms with Crippen LogP contribution in [0.2, 0.25) is 0 Å². The van der Waals surface area contributed by atoms with Gasteiger partial charge in [-0.1, -0.05) is 15.9 Å². The van der Waals surface area contributed by atoms with Gasteiger partial charge in [-0.3, -0.25) is 9.48 Å². The van der Waals surface area contributed by atoms with Crippen molar-refractivity contribution in [3.63, 3.8) is 0 Å². The lowest BCUT2D eigenvalue weighted by Gasteiger charge is -2.22. The maximum absolute atomic E-state index is 12.2. The quantitative estimate of drug-likeness (QED) is 0.691. The molecular formula is C15H18BrClN4O2. The number of phenolic OH excluding ortho intramolecular Hbond substituents is 1. The van der Waals surface area contributed by atoms with Gasteiger partial charge in [0.25, 0.3) is 5.91 Å². The molecule has 6 nitrogen and oxygen atoms in total. The Balaban J connectivity index is 0.00000192. The van der Waals surface area contributed by atoms with Crippen LogP contribution in [0.5, 0.6) is 5.75 Å². The van der Waals surface area contributed by atoms with E-state index >= 15 is 0 Å². The highest BCUT2D eigenvalue weighted by atomic mass is 79.9. The fourth-order valence-electron chi connectivity index (χ4n) is 2.52. The Morgan fingerprint density at radius 2 is 2.26 bits per heavy atom. The molecule has 1 aromatic heterocycles. The fraction of sp³-hybridized carbons (Fsp3) is 0.333. The third kappa shape index (κ3) is 4.25. The van der Waals surface area contributed by atoms with Crippen molar-refractivity contribution in [3.8, 4) is 5.75 Å². The smallest absolute Gasteiger partial charge is 0.276 e. The van der Waals surface area contributed by atoms with Crippen molar-refractivity contribution in [3.05, 3.63) is 40.6 Å². The lowest BCUT2D eigenvalue weighted by Crippen LogP contribution is -2.32. The predicted octanol–water partition coefficient (Wildman–Crippen LogP) is 2.95. The van der Waals surface area contributed by atoms with Crippen molar-refractivity contribution in [2.45, 2.75) is 18.9 Å². The number of aromatic nitrogens is 2. The van der Waals surface area contributed by atoms with Gasteiger partial charge in [-0.15, -0.1) is 12.4 Å². The number of carbonyl (C=O) groups is 1. The molecule has 0 aliphatic carbocycles. The molecule has 2 heterocycles. The normalized spacial score (nSPS) is 17.3. The van der Waals surface area contributed by atoms with Gasteiger partial charge in [0.1, 0.15) is 5.75 Å². The van der Waals surface area contributed by atoms with Crippen LogP contribution >= 0.6 is 28.3 Å². The maximum Gasteiger partial charge on any atom is 0.276 e. The number of amides is 1. The largest absolute Gasteiger partial charge is 0.506 e. The van der Waals surface area contributed by atoms with E-state index in [1.165, 1.54) is 6.07 Å². The van der Waals surface area contributed by atoms with Crippen LogP contribution in [-0.2, 0) is 0 Å². The highest BCUT2D eigenvalue weighted by molar-refractivity contribution is 9.10. The zero-order valence-electron chi connectivity index (χ0n) is 12.3. The van der Waals surface area contributed by atoms with E-state index in [2.05, 4.69) is 31.7 Å². The monoisotopic (exact) mass is 400 g/mol. The molecule has 0 bridgehead atoms. The standard InChI is InChI=1S/C15H17BrN4O2.ClH/c16-10-3-4-14(21)13(8-10)18-15(22)12-5-7-20(19-12)11-2-1-6-17-9-11;/h3-5,7-8,11,17,21H,1-2,6,9H2,(H,18,22);1H. The first-order valence-electron chi connectivity index (χ1n) is 7.19. The Bertz CT molecular complexity index is 686. The van der Waals surface area contributed by atoms with Crippen LogP contribution in [0.25, 0.3) is 0 Å². The van der Waals surface area contributed by atoms with Gasteiger partial charge < -0.3 is 15.7 Å². The van der Waals surface area contributed by atoms with E-state index < -0.39 is 0 Å². The van der Waals surface area contributed by atoms with E-state index in [4.69, 9.17) is 0 Å². The zero-order chi connectivity index (χ0) is 15.5. The third-order valence-corrected chi connectivity index (χ3v) is 4.19. The third-order valence-electron chi connectivity index (χ3n) is 3.69. The van der Waals surface area contributed by atoms with Gasteiger partial charge in [0, 0.05) is 17.2 Å². The number of nitrogens with zero attached hydrogens (tertiary/aromatic N) is 2. The van der Waals surface area contributed by atoms with E-state index in [-0.39, 0.29) is 30.1 Å². The molecule has 1 atom stereocenters. The summed E-state index contributed by atoms with van der Waals surface area (Å²) in [6.45, 7) is 1.91. The summed E-state index contributed by atoms with van der Waals surface area (Å²) in [6, 6.07) is 6.85. The molecule has 1 aliphatic rings.